The van der Waals surface area contributed by atoms with Crippen LogP contribution in [-0.4, -0.2) is 31.4 Å². The number of hydrogen-bond acceptors (Lipinski definition) is 8. The van der Waals surface area contributed by atoms with Crippen LogP contribution in [0.5, 0.6) is 11.5 Å². The van der Waals surface area contributed by atoms with Gasteiger partial charge >= 0.3 is 5.97 Å². The molecule has 1 aliphatic heterocycles. The summed E-state index contributed by atoms with van der Waals surface area (Å²) in [6.07, 6.45) is 1.68. The third-order valence-corrected chi connectivity index (χ3v) is 6.27. The summed E-state index contributed by atoms with van der Waals surface area (Å²) in [6, 6.07) is 8.08. The minimum atomic E-state index is -0.800. The van der Waals surface area contributed by atoms with Crippen molar-refractivity contribution >= 4 is 23.4 Å². The number of benzene rings is 1. The summed E-state index contributed by atoms with van der Waals surface area (Å²) < 4.78 is 23.9. The maximum Gasteiger partial charge on any atom is 0.338 e. The molecule has 0 spiro atoms. The molecule has 3 heterocycles. The summed E-state index contributed by atoms with van der Waals surface area (Å²) in [7, 11) is 3.09. The highest BCUT2D eigenvalue weighted by atomic mass is 32.1. The molecule has 0 amide bonds. The van der Waals surface area contributed by atoms with Gasteiger partial charge in [-0.15, -0.1) is 0 Å². The number of hydrogen-bond donors (Lipinski definition) is 0. The van der Waals surface area contributed by atoms with Gasteiger partial charge < -0.3 is 18.6 Å². The molecule has 0 N–H and O–H groups in total. The van der Waals surface area contributed by atoms with E-state index in [1.165, 1.54) is 23.0 Å². The van der Waals surface area contributed by atoms with Crippen molar-refractivity contribution in [1.82, 2.24) is 4.57 Å². The van der Waals surface area contributed by atoms with Crippen molar-refractivity contribution in [2.75, 3.05) is 20.8 Å². The fourth-order valence-electron chi connectivity index (χ4n) is 3.80. The number of methoxy groups -OCH3 is 2. The molecule has 0 aliphatic carbocycles. The van der Waals surface area contributed by atoms with Crippen LogP contribution in [-0.2, 0) is 9.53 Å². The first-order valence-electron chi connectivity index (χ1n) is 10.4. The van der Waals surface area contributed by atoms with Gasteiger partial charge in [-0.25, -0.2) is 9.79 Å². The van der Waals surface area contributed by atoms with Crippen molar-refractivity contribution in [1.29, 1.82) is 0 Å². The zero-order valence-corrected chi connectivity index (χ0v) is 19.8. The Morgan fingerprint density at radius 2 is 2.00 bits per heavy atom. The lowest BCUT2D eigenvalue weighted by atomic mass is 9.95. The number of furan rings is 1. The van der Waals surface area contributed by atoms with Crippen molar-refractivity contribution in [2.45, 2.75) is 26.8 Å². The standard InChI is InChI=1S/C24H24N2O6S/c1-6-31-23(28)20-14(3)25-24-26(21(20)17-11-15(29-4)9-10-18(17)30-5)22(27)19(33-24)12-16-8-7-13(2)32-16/h7-12,21H,6H2,1-5H3/b19-12-/t21-/m1/s1. The first-order chi connectivity index (χ1) is 15.9. The molecular formula is C24H24N2O6S. The second-order valence-corrected chi connectivity index (χ2v) is 8.37. The molecule has 9 heteroatoms. The molecule has 1 aromatic carbocycles. The van der Waals surface area contributed by atoms with Gasteiger partial charge in [0.05, 0.1) is 36.6 Å². The predicted octanol–water partition coefficient (Wildman–Crippen LogP) is 2.72. The maximum atomic E-state index is 13.6. The number of esters is 1. The fraction of sp³-hybridized carbons (Fsp3) is 0.292. The van der Waals surface area contributed by atoms with Gasteiger partial charge in [0.1, 0.15) is 29.1 Å². The molecule has 8 nitrogen and oxygen atoms in total. The molecule has 0 radical (unpaired) electrons. The van der Waals surface area contributed by atoms with Crippen LogP contribution in [0.25, 0.3) is 6.08 Å². The second-order valence-electron chi connectivity index (χ2n) is 7.36. The van der Waals surface area contributed by atoms with E-state index in [1.54, 1.807) is 51.3 Å². The fourth-order valence-corrected chi connectivity index (χ4v) is 4.83. The first kappa shape index (κ1) is 22.6. The van der Waals surface area contributed by atoms with Gasteiger partial charge in [-0.3, -0.25) is 9.36 Å². The minimum absolute atomic E-state index is 0.194. The number of carbonyl (C=O) groups excluding carboxylic acids is 1. The number of rotatable bonds is 6. The number of fused-ring (bicyclic) bond motifs is 1. The van der Waals surface area contributed by atoms with Crippen molar-refractivity contribution in [3.8, 4) is 11.5 Å². The van der Waals surface area contributed by atoms with E-state index in [-0.39, 0.29) is 17.7 Å². The summed E-state index contributed by atoms with van der Waals surface area (Å²) in [6.45, 7) is 5.50. The van der Waals surface area contributed by atoms with Crippen LogP contribution in [0.4, 0.5) is 0 Å². The Balaban J connectivity index is 2.02. The van der Waals surface area contributed by atoms with E-state index in [9.17, 15) is 9.59 Å². The Labute approximate surface area is 194 Å². The molecule has 172 valence electrons. The van der Waals surface area contributed by atoms with Gasteiger partial charge in [0, 0.05) is 11.6 Å². The van der Waals surface area contributed by atoms with Gasteiger partial charge in [-0.05, 0) is 51.1 Å². The molecule has 4 rings (SSSR count). The molecule has 3 aromatic rings. The average Bonchev–Trinajstić information content (AvgIpc) is 3.34. The van der Waals surface area contributed by atoms with Gasteiger partial charge in [0.15, 0.2) is 4.80 Å². The van der Waals surface area contributed by atoms with E-state index in [4.69, 9.17) is 18.6 Å². The molecule has 0 saturated carbocycles. The Hall–Kier alpha value is -3.59. The molecule has 0 saturated heterocycles. The highest BCUT2D eigenvalue weighted by molar-refractivity contribution is 7.07. The van der Waals surface area contributed by atoms with Crippen LogP contribution in [0, 0.1) is 6.92 Å². The predicted molar refractivity (Wildman–Crippen MR) is 123 cm³/mol. The summed E-state index contributed by atoms with van der Waals surface area (Å²) in [5.41, 5.74) is 1.05. The third kappa shape index (κ3) is 4.11. The molecule has 0 bridgehead atoms. The van der Waals surface area contributed by atoms with E-state index in [0.717, 1.165) is 5.76 Å². The summed E-state index contributed by atoms with van der Waals surface area (Å²) in [5.74, 6) is 1.85. The van der Waals surface area contributed by atoms with Crippen LogP contribution in [0.2, 0.25) is 0 Å². The lowest BCUT2D eigenvalue weighted by molar-refractivity contribution is -0.139. The van der Waals surface area contributed by atoms with Crippen LogP contribution in [0.1, 0.15) is 37.0 Å². The molecular weight excluding hydrogens is 444 g/mol. The van der Waals surface area contributed by atoms with Gasteiger partial charge in [-0.2, -0.15) is 0 Å². The van der Waals surface area contributed by atoms with E-state index < -0.39 is 12.0 Å². The second kappa shape index (κ2) is 9.11. The van der Waals surface area contributed by atoms with Crippen LogP contribution in [0.3, 0.4) is 0 Å². The first-order valence-corrected chi connectivity index (χ1v) is 11.2. The number of carbonyl (C=O) groups is 1. The van der Waals surface area contributed by atoms with E-state index in [0.29, 0.717) is 37.9 Å². The Kier molecular flexibility index (Phi) is 6.24. The van der Waals surface area contributed by atoms with E-state index in [1.807, 2.05) is 13.0 Å². The zero-order valence-electron chi connectivity index (χ0n) is 19.0. The number of allylic oxidation sites excluding steroid dienone is 1. The highest BCUT2D eigenvalue weighted by Crippen LogP contribution is 2.37. The monoisotopic (exact) mass is 468 g/mol. The van der Waals surface area contributed by atoms with Crippen LogP contribution >= 0.6 is 11.3 Å². The summed E-state index contributed by atoms with van der Waals surface area (Å²) in [5, 5.41) is 0. The Morgan fingerprint density at radius 3 is 2.64 bits per heavy atom. The van der Waals surface area contributed by atoms with Gasteiger partial charge in [0.2, 0.25) is 0 Å². The summed E-state index contributed by atoms with van der Waals surface area (Å²) in [4.78, 5) is 31.6. The van der Waals surface area contributed by atoms with Gasteiger partial charge in [-0.1, -0.05) is 11.3 Å². The Bertz CT molecular complexity index is 1430. The molecule has 1 aliphatic rings. The number of aryl methyl sites for hydroxylation is 1. The topological polar surface area (TPSA) is 92.3 Å². The van der Waals surface area contributed by atoms with Crippen LogP contribution in [0.15, 0.2) is 55.8 Å². The zero-order chi connectivity index (χ0) is 23.7. The van der Waals surface area contributed by atoms with E-state index in [2.05, 4.69) is 4.99 Å². The van der Waals surface area contributed by atoms with Crippen molar-refractivity contribution < 1.29 is 23.4 Å². The van der Waals surface area contributed by atoms with Crippen LogP contribution < -0.4 is 24.4 Å². The molecule has 0 fully saturated rings. The molecule has 2 aromatic heterocycles. The summed E-state index contributed by atoms with van der Waals surface area (Å²) >= 11 is 1.23. The lowest BCUT2D eigenvalue weighted by Gasteiger charge is -2.26. The number of thiazole rings is 1. The van der Waals surface area contributed by atoms with Crippen molar-refractivity contribution in [3.63, 3.8) is 0 Å². The minimum Gasteiger partial charge on any atom is -0.497 e. The van der Waals surface area contributed by atoms with Gasteiger partial charge in [0.25, 0.3) is 5.56 Å². The molecule has 33 heavy (non-hydrogen) atoms. The smallest absolute Gasteiger partial charge is 0.338 e. The largest absolute Gasteiger partial charge is 0.497 e. The lowest BCUT2D eigenvalue weighted by Crippen LogP contribution is -2.40. The Morgan fingerprint density at radius 1 is 1.21 bits per heavy atom. The molecule has 1 atom stereocenters. The quantitative estimate of drug-likeness (QED) is 0.517. The number of aromatic nitrogens is 1. The van der Waals surface area contributed by atoms with Crippen molar-refractivity contribution in [2.24, 2.45) is 4.99 Å². The SMILES string of the molecule is CCOC(=O)C1=C(C)N=c2s/c(=C\c3ccc(C)o3)c(=O)n2[C@@H]1c1cc(OC)ccc1OC. The molecule has 0 unspecified atom stereocenters. The number of nitrogens with zero attached hydrogens (tertiary/aromatic N) is 2. The normalized spacial score (nSPS) is 15.8. The third-order valence-electron chi connectivity index (χ3n) is 5.28. The maximum absolute atomic E-state index is 13.6. The number of ether oxygens (including phenoxy) is 3. The van der Waals surface area contributed by atoms with Crippen molar-refractivity contribution in [3.05, 3.63) is 78.4 Å². The average molecular weight is 469 g/mol. The highest BCUT2D eigenvalue weighted by Gasteiger charge is 2.35. The van der Waals surface area contributed by atoms with E-state index >= 15 is 0 Å².